The zero-order valence-corrected chi connectivity index (χ0v) is 12.2. The van der Waals surface area contributed by atoms with Gasteiger partial charge in [-0.2, -0.15) is 0 Å². The zero-order chi connectivity index (χ0) is 15.2. The van der Waals surface area contributed by atoms with Crippen molar-refractivity contribution in [3.8, 4) is 5.75 Å². The molecule has 2 aromatic rings. The SMILES string of the molecule is C=CCOc1ccc2cc(CCCCC)oc(=O)c2c1F. The van der Waals surface area contributed by atoms with Crippen LogP contribution in [0.25, 0.3) is 10.8 Å². The van der Waals surface area contributed by atoms with Crippen LogP contribution in [0.2, 0.25) is 0 Å². The summed E-state index contributed by atoms with van der Waals surface area (Å²) in [6.07, 6.45) is 5.33. The van der Waals surface area contributed by atoms with Crippen LogP contribution < -0.4 is 10.4 Å². The highest BCUT2D eigenvalue weighted by molar-refractivity contribution is 5.83. The van der Waals surface area contributed by atoms with Crippen molar-refractivity contribution in [3.63, 3.8) is 0 Å². The van der Waals surface area contributed by atoms with Gasteiger partial charge in [0, 0.05) is 6.42 Å². The Morgan fingerprint density at radius 1 is 1.38 bits per heavy atom. The van der Waals surface area contributed by atoms with E-state index >= 15 is 0 Å². The molecule has 0 bridgehead atoms. The molecule has 3 nitrogen and oxygen atoms in total. The topological polar surface area (TPSA) is 39.4 Å². The van der Waals surface area contributed by atoms with Gasteiger partial charge in [0.15, 0.2) is 11.6 Å². The number of aryl methyl sites for hydroxylation is 1. The van der Waals surface area contributed by atoms with Crippen molar-refractivity contribution in [3.05, 3.63) is 52.9 Å². The van der Waals surface area contributed by atoms with Crippen LogP contribution in [0.5, 0.6) is 5.75 Å². The Morgan fingerprint density at radius 3 is 2.90 bits per heavy atom. The maximum atomic E-state index is 14.3. The van der Waals surface area contributed by atoms with E-state index in [1.807, 2.05) is 0 Å². The van der Waals surface area contributed by atoms with Crippen LogP contribution in [0.1, 0.15) is 31.9 Å². The minimum absolute atomic E-state index is 0.0356. The molecule has 0 saturated heterocycles. The van der Waals surface area contributed by atoms with E-state index in [4.69, 9.17) is 9.15 Å². The fourth-order valence-electron chi connectivity index (χ4n) is 2.21. The van der Waals surface area contributed by atoms with Gasteiger partial charge in [0.1, 0.15) is 17.8 Å². The first kappa shape index (κ1) is 15.3. The van der Waals surface area contributed by atoms with E-state index in [1.54, 1.807) is 12.1 Å². The molecule has 0 fully saturated rings. The van der Waals surface area contributed by atoms with Crippen LogP contribution in [-0.4, -0.2) is 6.61 Å². The molecule has 21 heavy (non-hydrogen) atoms. The molecule has 0 unspecified atom stereocenters. The monoisotopic (exact) mass is 290 g/mol. The van der Waals surface area contributed by atoms with Gasteiger partial charge in [0.2, 0.25) is 0 Å². The molecule has 0 atom stereocenters. The Hall–Kier alpha value is -2.10. The van der Waals surface area contributed by atoms with E-state index < -0.39 is 11.4 Å². The average Bonchev–Trinajstić information content (AvgIpc) is 2.46. The number of ether oxygens (including phenoxy) is 1. The summed E-state index contributed by atoms with van der Waals surface area (Å²) in [4.78, 5) is 12.0. The molecule has 1 aromatic carbocycles. The minimum Gasteiger partial charge on any atom is -0.486 e. The van der Waals surface area contributed by atoms with E-state index in [1.165, 1.54) is 12.1 Å². The molecule has 0 aliphatic heterocycles. The first-order chi connectivity index (χ1) is 10.2. The van der Waals surface area contributed by atoms with Crippen molar-refractivity contribution in [1.82, 2.24) is 0 Å². The summed E-state index contributed by atoms with van der Waals surface area (Å²) in [6.45, 7) is 5.80. The quantitative estimate of drug-likeness (QED) is 0.566. The van der Waals surface area contributed by atoms with Crippen LogP contribution >= 0.6 is 0 Å². The van der Waals surface area contributed by atoms with E-state index in [2.05, 4.69) is 13.5 Å². The highest BCUT2D eigenvalue weighted by atomic mass is 19.1. The molecule has 0 saturated carbocycles. The normalized spacial score (nSPS) is 10.8. The Balaban J connectivity index is 2.38. The van der Waals surface area contributed by atoms with Crippen LogP contribution in [0.15, 0.2) is 40.1 Å². The zero-order valence-electron chi connectivity index (χ0n) is 12.2. The summed E-state index contributed by atoms with van der Waals surface area (Å²) in [5, 5.41) is 0.483. The lowest BCUT2D eigenvalue weighted by molar-refractivity contribution is 0.343. The van der Waals surface area contributed by atoms with E-state index in [0.717, 1.165) is 19.3 Å². The first-order valence-electron chi connectivity index (χ1n) is 7.16. The first-order valence-corrected chi connectivity index (χ1v) is 7.16. The summed E-state index contributed by atoms with van der Waals surface area (Å²) in [7, 11) is 0. The maximum Gasteiger partial charge on any atom is 0.346 e. The molecule has 0 spiro atoms. The highest BCUT2D eigenvalue weighted by Gasteiger charge is 2.14. The van der Waals surface area contributed by atoms with Crippen molar-refractivity contribution in [2.75, 3.05) is 6.61 Å². The third kappa shape index (κ3) is 3.51. The minimum atomic E-state index is -0.678. The molecule has 1 heterocycles. The molecular weight excluding hydrogens is 271 g/mol. The second-order valence-electron chi connectivity index (χ2n) is 4.90. The second kappa shape index (κ2) is 7.07. The molecule has 4 heteroatoms. The van der Waals surface area contributed by atoms with E-state index in [-0.39, 0.29) is 17.7 Å². The Kier molecular flexibility index (Phi) is 5.14. The van der Waals surface area contributed by atoms with Gasteiger partial charge in [0.05, 0.1) is 0 Å². The van der Waals surface area contributed by atoms with Crippen LogP contribution in [0.3, 0.4) is 0 Å². The Bertz CT molecular complexity index is 688. The Labute approximate surface area is 123 Å². The smallest absolute Gasteiger partial charge is 0.346 e. The summed E-state index contributed by atoms with van der Waals surface area (Å²) < 4.78 is 24.7. The fraction of sp³-hybridized carbons (Fsp3) is 0.353. The lowest BCUT2D eigenvalue weighted by Crippen LogP contribution is -2.06. The molecule has 0 amide bonds. The lowest BCUT2D eigenvalue weighted by Gasteiger charge is -2.07. The third-order valence-electron chi connectivity index (χ3n) is 3.27. The largest absolute Gasteiger partial charge is 0.486 e. The summed E-state index contributed by atoms with van der Waals surface area (Å²) in [5.74, 6) is -0.0447. The van der Waals surface area contributed by atoms with Gasteiger partial charge in [0.25, 0.3) is 0 Å². The maximum absolute atomic E-state index is 14.3. The second-order valence-corrected chi connectivity index (χ2v) is 4.90. The van der Waals surface area contributed by atoms with Gasteiger partial charge in [-0.15, -0.1) is 0 Å². The molecule has 112 valence electrons. The molecule has 0 aliphatic carbocycles. The number of hydrogen-bond acceptors (Lipinski definition) is 3. The highest BCUT2D eigenvalue weighted by Crippen LogP contribution is 2.25. The number of hydrogen-bond donors (Lipinski definition) is 0. The number of fused-ring (bicyclic) bond motifs is 1. The van der Waals surface area contributed by atoms with Gasteiger partial charge < -0.3 is 9.15 Å². The third-order valence-corrected chi connectivity index (χ3v) is 3.27. The van der Waals surface area contributed by atoms with Crippen LogP contribution in [0, 0.1) is 5.82 Å². The standard InChI is InChI=1S/C17H19FO3/c1-3-5-6-7-13-11-12-8-9-14(20-10-4-2)16(18)15(12)17(19)21-13/h4,8-9,11H,2-3,5-7,10H2,1H3. The molecule has 2 rings (SSSR count). The summed E-state index contributed by atoms with van der Waals surface area (Å²) >= 11 is 0. The number of rotatable bonds is 7. The van der Waals surface area contributed by atoms with Crippen LogP contribution in [0.4, 0.5) is 4.39 Å². The average molecular weight is 290 g/mol. The molecule has 1 aromatic heterocycles. The number of benzene rings is 1. The Morgan fingerprint density at radius 2 is 2.19 bits per heavy atom. The predicted molar refractivity (Wildman–Crippen MR) is 81.4 cm³/mol. The van der Waals surface area contributed by atoms with Gasteiger partial charge in [-0.05, 0) is 23.9 Å². The molecular formula is C17H19FO3. The van der Waals surface area contributed by atoms with Crippen molar-refractivity contribution in [1.29, 1.82) is 0 Å². The van der Waals surface area contributed by atoms with Gasteiger partial charge in [-0.1, -0.05) is 38.5 Å². The van der Waals surface area contributed by atoms with Crippen molar-refractivity contribution in [2.24, 2.45) is 0 Å². The molecule has 0 N–H and O–H groups in total. The predicted octanol–water partition coefficient (Wildman–Crippen LogP) is 4.23. The van der Waals surface area contributed by atoms with Gasteiger partial charge in [-0.3, -0.25) is 0 Å². The van der Waals surface area contributed by atoms with Gasteiger partial charge in [-0.25, -0.2) is 9.18 Å². The summed E-state index contributed by atoms with van der Waals surface area (Å²) in [5.41, 5.74) is -0.652. The van der Waals surface area contributed by atoms with Crippen molar-refractivity contribution in [2.45, 2.75) is 32.6 Å². The number of unbranched alkanes of at least 4 members (excludes halogenated alkanes) is 2. The van der Waals surface area contributed by atoms with Crippen LogP contribution in [-0.2, 0) is 6.42 Å². The molecule has 0 aliphatic rings. The van der Waals surface area contributed by atoms with Gasteiger partial charge >= 0.3 is 5.63 Å². The van der Waals surface area contributed by atoms with Crippen molar-refractivity contribution >= 4 is 10.8 Å². The van der Waals surface area contributed by atoms with E-state index in [0.29, 0.717) is 17.6 Å². The van der Waals surface area contributed by atoms with Crippen molar-refractivity contribution < 1.29 is 13.5 Å². The number of halogens is 1. The lowest BCUT2D eigenvalue weighted by atomic mass is 10.1. The summed E-state index contributed by atoms with van der Waals surface area (Å²) in [6, 6.07) is 4.93. The fourth-order valence-corrected chi connectivity index (χ4v) is 2.21. The molecule has 0 radical (unpaired) electrons. The van der Waals surface area contributed by atoms with E-state index in [9.17, 15) is 9.18 Å².